The number of carbonyl (C=O) groups excluding carboxylic acids is 1. The molecule has 0 fully saturated rings. The van der Waals surface area contributed by atoms with Crippen LogP contribution < -0.4 is 10.6 Å². The van der Waals surface area contributed by atoms with Crippen molar-refractivity contribution >= 4 is 28.4 Å². The van der Waals surface area contributed by atoms with Crippen molar-refractivity contribution in [1.29, 1.82) is 0 Å². The Balaban J connectivity index is 1.88. The van der Waals surface area contributed by atoms with Crippen molar-refractivity contribution < 1.29 is 18.0 Å². The zero-order valence-corrected chi connectivity index (χ0v) is 14.0. The number of fused-ring (bicyclic) bond motifs is 3. The van der Waals surface area contributed by atoms with Gasteiger partial charge < -0.3 is 10.6 Å². The molecule has 0 aliphatic carbocycles. The van der Waals surface area contributed by atoms with Crippen LogP contribution in [-0.2, 0) is 11.0 Å². The lowest BCUT2D eigenvalue weighted by atomic mass is 10.3. The fraction of sp³-hybridized carbons (Fsp3) is 0.375. The zero-order valence-electron chi connectivity index (χ0n) is 14.0. The fourth-order valence-corrected chi connectivity index (χ4v) is 2.61. The van der Waals surface area contributed by atoms with Gasteiger partial charge in [0, 0.05) is 20.0 Å². The molecule has 0 atom stereocenters. The van der Waals surface area contributed by atoms with Gasteiger partial charge in [-0.25, -0.2) is 4.98 Å². The minimum atomic E-state index is -4.63. The molecule has 1 aromatic carbocycles. The quantitative estimate of drug-likeness (QED) is 0.655. The van der Waals surface area contributed by atoms with Crippen molar-refractivity contribution in [2.45, 2.75) is 25.9 Å². The summed E-state index contributed by atoms with van der Waals surface area (Å²) >= 11 is 0. The van der Waals surface area contributed by atoms with Crippen LogP contribution in [0.15, 0.2) is 24.3 Å². The summed E-state index contributed by atoms with van der Waals surface area (Å²) in [7, 11) is 0. The molecule has 138 valence electrons. The number of benzene rings is 1. The molecule has 0 bridgehead atoms. The third-order valence-electron chi connectivity index (χ3n) is 3.75. The van der Waals surface area contributed by atoms with E-state index in [1.54, 1.807) is 24.3 Å². The van der Waals surface area contributed by atoms with Gasteiger partial charge in [-0.15, -0.1) is 10.2 Å². The van der Waals surface area contributed by atoms with Gasteiger partial charge in [0.25, 0.3) is 0 Å². The average molecular weight is 366 g/mol. The van der Waals surface area contributed by atoms with Crippen LogP contribution in [0.5, 0.6) is 0 Å². The van der Waals surface area contributed by atoms with E-state index in [1.165, 1.54) is 6.92 Å². The van der Waals surface area contributed by atoms with Crippen LogP contribution in [-0.4, -0.2) is 38.6 Å². The Kier molecular flexibility index (Phi) is 4.92. The molecule has 0 aliphatic heterocycles. The summed E-state index contributed by atoms with van der Waals surface area (Å²) in [5.74, 6) is -0.940. The van der Waals surface area contributed by atoms with Crippen molar-refractivity contribution in [2.24, 2.45) is 0 Å². The standard InChI is InChI=1S/C16H17F3N6O/c1-10(26)20-8-4-5-9-21-13-14-23-24-15(16(17,18)19)25(14)12-7-3-2-6-11(12)22-13/h2-3,6-7H,4-5,8-9H2,1H3,(H,20,26)(H,21,22). The van der Waals surface area contributed by atoms with E-state index in [9.17, 15) is 18.0 Å². The number of aromatic nitrogens is 4. The van der Waals surface area contributed by atoms with Crippen molar-refractivity contribution in [3.8, 4) is 0 Å². The number of anilines is 1. The second-order valence-electron chi connectivity index (χ2n) is 5.75. The van der Waals surface area contributed by atoms with Crippen molar-refractivity contribution in [1.82, 2.24) is 24.9 Å². The van der Waals surface area contributed by atoms with Gasteiger partial charge in [0.15, 0.2) is 5.82 Å². The van der Waals surface area contributed by atoms with Gasteiger partial charge in [-0.3, -0.25) is 9.20 Å². The lowest BCUT2D eigenvalue weighted by Gasteiger charge is -2.11. The average Bonchev–Trinajstić information content (AvgIpc) is 3.03. The number of nitrogens with zero attached hydrogens (tertiary/aromatic N) is 4. The van der Waals surface area contributed by atoms with Gasteiger partial charge in [0.2, 0.25) is 17.4 Å². The minimum absolute atomic E-state index is 0.0258. The molecule has 0 aliphatic rings. The maximum atomic E-state index is 13.3. The SMILES string of the molecule is CC(=O)NCCCCNc1nc2ccccc2n2c(C(F)(F)F)nnc12. The Morgan fingerprint density at radius 1 is 1.15 bits per heavy atom. The highest BCUT2D eigenvalue weighted by Crippen LogP contribution is 2.31. The third-order valence-corrected chi connectivity index (χ3v) is 3.75. The number of hydrogen-bond acceptors (Lipinski definition) is 5. The first-order chi connectivity index (χ1) is 12.4. The molecule has 3 rings (SSSR count). The number of rotatable bonds is 6. The van der Waals surface area contributed by atoms with E-state index in [1.807, 2.05) is 0 Å². The zero-order chi connectivity index (χ0) is 18.7. The fourth-order valence-electron chi connectivity index (χ4n) is 2.61. The largest absolute Gasteiger partial charge is 0.452 e. The van der Waals surface area contributed by atoms with Crippen LogP contribution in [0.3, 0.4) is 0 Å². The molecule has 0 radical (unpaired) electrons. The van der Waals surface area contributed by atoms with Crippen molar-refractivity contribution in [2.75, 3.05) is 18.4 Å². The Hall–Kier alpha value is -2.91. The number of unbranched alkanes of at least 4 members (excludes halogenated alkanes) is 1. The van der Waals surface area contributed by atoms with Crippen LogP contribution in [0.4, 0.5) is 19.0 Å². The minimum Gasteiger partial charge on any atom is -0.367 e. The topological polar surface area (TPSA) is 84.2 Å². The molecule has 1 amide bonds. The predicted octanol–water partition coefficient (Wildman–Crippen LogP) is 2.62. The summed E-state index contributed by atoms with van der Waals surface area (Å²) in [6.45, 7) is 2.47. The van der Waals surface area contributed by atoms with Crippen LogP contribution in [0.2, 0.25) is 0 Å². The number of amides is 1. The van der Waals surface area contributed by atoms with Crippen LogP contribution in [0.1, 0.15) is 25.6 Å². The summed E-state index contributed by atoms with van der Waals surface area (Å²) in [4.78, 5) is 15.2. The molecule has 2 heterocycles. The molecular formula is C16H17F3N6O. The molecular weight excluding hydrogens is 349 g/mol. The molecule has 10 heteroatoms. The highest BCUT2D eigenvalue weighted by atomic mass is 19.4. The molecule has 0 saturated carbocycles. The number of carbonyl (C=O) groups is 1. The molecule has 0 spiro atoms. The lowest BCUT2D eigenvalue weighted by molar-refractivity contribution is -0.145. The Labute approximate surface area is 146 Å². The molecule has 2 aromatic heterocycles. The van der Waals surface area contributed by atoms with Crippen molar-refractivity contribution in [3.05, 3.63) is 30.1 Å². The first kappa shape index (κ1) is 17.9. The van der Waals surface area contributed by atoms with Crippen LogP contribution in [0.25, 0.3) is 16.7 Å². The van der Waals surface area contributed by atoms with E-state index in [4.69, 9.17) is 0 Å². The highest BCUT2D eigenvalue weighted by Gasteiger charge is 2.38. The maximum Gasteiger partial charge on any atom is 0.452 e. The first-order valence-corrected chi connectivity index (χ1v) is 8.07. The van der Waals surface area contributed by atoms with Crippen molar-refractivity contribution in [3.63, 3.8) is 0 Å². The Bertz CT molecular complexity index is 937. The lowest BCUT2D eigenvalue weighted by Crippen LogP contribution is -2.21. The van der Waals surface area contributed by atoms with E-state index in [2.05, 4.69) is 25.8 Å². The predicted molar refractivity (Wildman–Crippen MR) is 89.7 cm³/mol. The number of alkyl halides is 3. The molecule has 0 unspecified atom stereocenters. The summed E-state index contributed by atoms with van der Waals surface area (Å²) in [6, 6.07) is 6.52. The maximum absolute atomic E-state index is 13.3. The van der Waals surface area contributed by atoms with E-state index in [-0.39, 0.29) is 22.9 Å². The summed E-state index contributed by atoms with van der Waals surface area (Å²) in [5, 5.41) is 12.7. The molecule has 26 heavy (non-hydrogen) atoms. The molecule has 7 nitrogen and oxygen atoms in total. The van der Waals surface area contributed by atoms with Gasteiger partial charge in [-0.2, -0.15) is 13.2 Å². The second-order valence-corrected chi connectivity index (χ2v) is 5.75. The van der Waals surface area contributed by atoms with Gasteiger partial charge in [0.1, 0.15) is 0 Å². The monoisotopic (exact) mass is 366 g/mol. The normalized spacial score (nSPS) is 11.8. The summed E-state index contributed by atoms with van der Waals surface area (Å²) in [5.41, 5.74) is 0.722. The molecule has 0 saturated heterocycles. The van der Waals surface area contributed by atoms with E-state index < -0.39 is 12.0 Å². The Morgan fingerprint density at radius 2 is 1.88 bits per heavy atom. The van der Waals surface area contributed by atoms with E-state index >= 15 is 0 Å². The number of hydrogen-bond donors (Lipinski definition) is 2. The van der Waals surface area contributed by atoms with Gasteiger partial charge >= 0.3 is 6.18 Å². The molecule has 2 N–H and O–H groups in total. The number of halogens is 3. The number of para-hydroxylation sites is 2. The smallest absolute Gasteiger partial charge is 0.367 e. The summed E-state index contributed by atoms with van der Waals surface area (Å²) in [6.07, 6.45) is -3.18. The van der Waals surface area contributed by atoms with Gasteiger partial charge in [-0.05, 0) is 25.0 Å². The molecule has 3 aromatic rings. The highest BCUT2D eigenvalue weighted by molar-refractivity contribution is 5.83. The number of nitrogens with one attached hydrogen (secondary N) is 2. The van der Waals surface area contributed by atoms with E-state index in [0.29, 0.717) is 25.0 Å². The third kappa shape index (κ3) is 3.68. The van der Waals surface area contributed by atoms with Crippen LogP contribution >= 0.6 is 0 Å². The second kappa shape index (κ2) is 7.14. The van der Waals surface area contributed by atoms with E-state index in [0.717, 1.165) is 10.8 Å². The van der Waals surface area contributed by atoms with Gasteiger partial charge in [-0.1, -0.05) is 12.1 Å². The van der Waals surface area contributed by atoms with Crippen LogP contribution in [0, 0.1) is 0 Å². The van der Waals surface area contributed by atoms with Gasteiger partial charge in [0.05, 0.1) is 11.0 Å². The first-order valence-electron chi connectivity index (χ1n) is 8.07. The Morgan fingerprint density at radius 3 is 2.62 bits per heavy atom. The summed E-state index contributed by atoms with van der Waals surface area (Å²) < 4.78 is 40.8.